The van der Waals surface area contributed by atoms with Gasteiger partial charge in [0, 0.05) is 12.1 Å². The fourth-order valence-corrected chi connectivity index (χ4v) is 2.22. The van der Waals surface area contributed by atoms with Crippen LogP contribution in [-0.2, 0) is 19.1 Å². The number of nitrogens with one attached hydrogen (secondary N) is 1. The normalized spacial score (nSPS) is 14.8. The summed E-state index contributed by atoms with van der Waals surface area (Å²) in [6, 6.07) is 5.95. The summed E-state index contributed by atoms with van der Waals surface area (Å²) in [5.74, 6) is -14.7. The smallest absolute Gasteiger partial charge is 0.412 e. The van der Waals surface area contributed by atoms with E-state index < -0.39 is 66.2 Å². The van der Waals surface area contributed by atoms with Gasteiger partial charge in [-0.15, -0.1) is 0 Å². The van der Waals surface area contributed by atoms with Gasteiger partial charge < -0.3 is 14.8 Å². The Morgan fingerprint density at radius 1 is 0.941 bits per heavy atom. The van der Waals surface area contributed by atoms with Crippen molar-refractivity contribution in [3.8, 4) is 0 Å². The zero-order valence-corrected chi connectivity index (χ0v) is 17.5. The van der Waals surface area contributed by atoms with Crippen molar-refractivity contribution < 1.29 is 63.0 Å². The molecule has 0 fully saturated rings. The van der Waals surface area contributed by atoms with Crippen LogP contribution in [0.2, 0.25) is 0 Å². The van der Waals surface area contributed by atoms with Crippen molar-refractivity contribution in [1.29, 1.82) is 0 Å². The molecule has 192 valence electrons. The van der Waals surface area contributed by atoms with Crippen LogP contribution in [0.25, 0.3) is 0 Å². The van der Waals surface area contributed by atoms with E-state index >= 15 is 0 Å². The second-order valence-electron chi connectivity index (χ2n) is 6.50. The molecule has 0 saturated heterocycles. The number of amides is 1. The van der Waals surface area contributed by atoms with Gasteiger partial charge in [-0.3, -0.25) is 4.79 Å². The Bertz CT molecular complexity index is 883. The van der Waals surface area contributed by atoms with E-state index in [9.17, 15) is 53.5 Å². The third-order valence-electron chi connectivity index (χ3n) is 3.91. The highest BCUT2D eigenvalue weighted by molar-refractivity contribution is 7.81. The van der Waals surface area contributed by atoms with Crippen LogP contribution in [0.1, 0.15) is 12.8 Å². The van der Waals surface area contributed by atoms with Crippen LogP contribution in [0.3, 0.4) is 0 Å². The summed E-state index contributed by atoms with van der Waals surface area (Å²) in [7, 11) is 0. The van der Waals surface area contributed by atoms with E-state index in [1.165, 1.54) is 18.2 Å². The molecule has 0 saturated carbocycles. The molecular weight excluding hydrogens is 516 g/mol. The van der Waals surface area contributed by atoms with Gasteiger partial charge in [-0.05, 0) is 18.6 Å². The Morgan fingerprint density at radius 2 is 1.47 bits per heavy atom. The lowest BCUT2D eigenvalue weighted by atomic mass is 10.1. The Kier molecular flexibility index (Phi) is 9.05. The van der Waals surface area contributed by atoms with Gasteiger partial charge in [0.1, 0.15) is 5.57 Å². The number of ether oxygens (including phenoxy) is 2. The first-order chi connectivity index (χ1) is 15.2. The van der Waals surface area contributed by atoms with Crippen molar-refractivity contribution in [2.75, 3.05) is 11.9 Å². The highest BCUT2D eigenvalue weighted by Crippen LogP contribution is 2.42. The molecule has 0 aliphatic rings. The van der Waals surface area contributed by atoms with E-state index in [1.807, 2.05) is 0 Å². The van der Waals surface area contributed by atoms with Crippen LogP contribution in [0, 0.1) is 0 Å². The largest absolute Gasteiger partial charge is 0.466 e. The molecule has 0 aliphatic carbocycles. The number of hydrogen-bond acceptors (Lipinski definition) is 5. The zero-order valence-electron chi connectivity index (χ0n) is 16.6. The van der Waals surface area contributed by atoms with E-state index in [1.54, 1.807) is 5.32 Å². The van der Waals surface area contributed by atoms with Crippen molar-refractivity contribution in [3.05, 3.63) is 42.5 Å². The molecule has 1 amide bonds. The Morgan fingerprint density at radius 3 is 1.91 bits per heavy atom. The van der Waals surface area contributed by atoms with Gasteiger partial charge in [-0.25, -0.2) is 4.79 Å². The van der Waals surface area contributed by atoms with Gasteiger partial charge in [0.05, 0.1) is 6.61 Å². The molecular formula is C18H15F10NO4S. The number of esters is 1. The number of rotatable bonds is 10. The number of carbonyl (C=O) groups excluding carboxylic acids is 2. The highest BCUT2D eigenvalue weighted by Gasteiger charge is 2.67. The Labute approximate surface area is 190 Å². The van der Waals surface area contributed by atoms with Gasteiger partial charge in [0.2, 0.25) is 0 Å². The summed E-state index contributed by atoms with van der Waals surface area (Å²) in [5, 5.41) is -3.26. The summed E-state index contributed by atoms with van der Waals surface area (Å²) in [6.45, 7) is 0.670. The van der Waals surface area contributed by atoms with Crippen LogP contribution >= 0.6 is 12.6 Å². The quantitative estimate of drug-likeness (QED) is 0.105. The van der Waals surface area contributed by atoms with E-state index in [0.29, 0.717) is 0 Å². The lowest BCUT2D eigenvalue weighted by Gasteiger charge is -2.33. The minimum absolute atomic E-state index is 0.350. The van der Waals surface area contributed by atoms with Gasteiger partial charge in [-0.1, -0.05) is 37.4 Å². The second-order valence-corrected chi connectivity index (χ2v) is 7.06. The molecule has 0 bridgehead atoms. The molecule has 0 heterocycles. The Hall–Kier alpha value is -2.49. The maximum absolute atomic E-state index is 13.8. The van der Waals surface area contributed by atoms with E-state index in [-0.39, 0.29) is 5.69 Å². The first-order valence-corrected chi connectivity index (χ1v) is 9.24. The molecule has 34 heavy (non-hydrogen) atoms. The molecule has 0 aliphatic heterocycles. The van der Waals surface area contributed by atoms with E-state index in [0.717, 1.165) is 12.1 Å². The summed E-state index contributed by atoms with van der Waals surface area (Å²) >= 11 is 2.37. The average Bonchev–Trinajstić information content (AvgIpc) is 2.67. The standard InChI is InChI=1S/C18H15F10NO4S/c1-10(16(21,22)23)12(30)33-15(17(24,25)26,13(31)29-11-6-3-2-4-7-11)32-9-5-8-14(19,20)18(27,28)34/h2-4,6-7,34H,1,5,8-9H2,(H,29,31). The molecule has 1 aromatic rings. The molecule has 1 atom stereocenters. The van der Waals surface area contributed by atoms with Crippen molar-refractivity contribution in [2.45, 2.75) is 42.2 Å². The molecule has 1 N–H and O–H groups in total. The van der Waals surface area contributed by atoms with Crippen LogP contribution < -0.4 is 5.32 Å². The van der Waals surface area contributed by atoms with Crippen molar-refractivity contribution in [1.82, 2.24) is 0 Å². The molecule has 5 nitrogen and oxygen atoms in total. The third-order valence-corrected chi connectivity index (χ3v) is 4.24. The topological polar surface area (TPSA) is 64.6 Å². The number of halogens is 10. The van der Waals surface area contributed by atoms with E-state index in [4.69, 9.17) is 0 Å². The minimum atomic E-state index is -6.07. The van der Waals surface area contributed by atoms with Crippen LogP contribution in [-0.4, -0.2) is 47.8 Å². The Balaban J connectivity index is 3.29. The number of alkyl halides is 10. The average molecular weight is 531 g/mol. The summed E-state index contributed by atoms with van der Waals surface area (Å²) in [5.41, 5.74) is -2.80. The first-order valence-electron chi connectivity index (χ1n) is 8.79. The molecule has 16 heteroatoms. The van der Waals surface area contributed by atoms with Crippen LogP contribution in [0.4, 0.5) is 49.6 Å². The molecule has 1 rings (SSSR count). The molecule has 0 radical (unpaired) electrons. The van der Waals surface area contributed by atoms with Crippen molar-refractivity contribution >= 4 is 30.2 Å². The number of anilines is 1. The third kappa shape index (κ3) is 7.25. The van der Waals surface area contributed by atoms with Crippen molar-refractivity contribution in [2.24, 2.45) is 0 Å². The lowest BCUT2D eigenvalue weighted by molar-refractivity contribution is -0.346. The number of thiol groups is 1. The van der Waals surface area contributed by atoms with Gasteiger partial charge in [0.15, 0.2) is 0 Å². The lowest BCUT2D eigenvalue weighted by Crippen LogP contribution is -2.60. The second kappa shape index (κ2) is 10.4. The monoisotopic (exact) mass is 531 g/mol. The first kappa shape index (κ1) is 29.5. The fourth-order valence-electron chi connectivity index (χ4n) is 2.11. The zero-order chi connectivity index (χ0) is 26.6. The van der Waals surface area contributed by atoms with Gasteiger partial charge >= 0.3 is 41.2 Å². The predicted molar refractivity (Wildman–Crippen MR) is 99.2 cm³/mol. The van der Waals surface area contributed by atoms with Gasteiger partial charge in [0.25, 0.3) is 0 Å². The highest BCUT2D eigenvalue weighted by atomic mass is 32.1. The number of hydrogen-bond donors (Lipinski definition) is 2. The number of para-hydroxylation sites is 1. The predicted octanol–water partition coefficient (Wildman–Crippen LogP) is 5.50. The molecule has 1 unspecified atom stereocenters. The maximum Gasteiger partial charge on any atom is 0.466 e. The van der Waals surface area contributed by atoms with Gasteiger partial charge in [-0.2, -0.15) is 43.9 Å². The van der Waals surface area contributed by atoms with Crippen molar-refractivity contribution in [3.63, 3.8) is 0 Å². The summed E-state index contributed by atoms with van der Waals surface area (Å²) in [6.07, 6.45) is -14.7. The van der Waals surface area contributed by atoms with Crippen LogP contribution in [0.5, 0.6) is 0 Å². The van der Waals surface area contributed by atoms with E-state index in [2.05, 4.69) is 28.7 Å². The SMILES string of the molecule is C=C(C(=O)OC(OCCCC(F)(F)C(F)(F)S)(C(=O)Nc1ccccc1)C(F)(F)F)C(F)(F)F. The molecule has 1 aromatic carbocycles. The fraction of sp³-hybridized carbons (Fsp3) is 0.444. The minimum Gasteiger partial charge on any atom is -0.412 e. The van der Waals surface area contributed by atoms with Crippen LogP contribution in [0.15, 0.2) is 42.5 Å². The number of carbonyl (C=O) groups is 2. The molecule has 0 spiro atoms. The summed E-state index contributed by atoms with van der Waals surface area (Å²) in [4.78, 5) is 24.1. The molecule has 0 aromatic heterocycles. The maximum atomic E-state index is 13.8. The number of benzene rings is 1. The summed E-state index contributed by atoms with van der Waals surface area (Å²) < 4.78 is 140.